The van der Waals surface area contributed by atoms with Crippen LogP contribution in [-0.2, 0) is 9.53 Å². The van der Waals surface area contributed by atoms with Gasteiger partial charge in [-0.3, -0.25) is 4.90 Å². The van der Waals surface area contributed by atoms with Crippen molar-refractivity contribution in [3.05, 3.63) is 30.3 Å². The summed E-state index contributed by atoms with van der Waals surface area (Å²) in [6.45, 7) is 8.18. The second-order valence-corrected chi connectivity index (χ2v) is 5.61. The smallest absolute Gasteiger partial charge is 0.333 e. The number of anilines is 1. The first-order valence-corrected chi connectivity index (χ1v) is 7.32. The summed E-state index contributed by atoms with van der Waals surface area (Å²) in [7, 11) is 0. The third kappa shape index (κ3) is 3.12. The van der Waals surface area contributed by atoms with Gasteiger partial charge in [-0.25, -0.2) is 4.79 Å². The zero-order valence-corrected chi connectivity index (χ0v) is 12.6. The first-order valence-electron chi connectivity index (χ1n) is 7.32. The molecule has 0 saturated carbocycles. The van der Waals surface area contributed by atoms with E-state index in [-0.39, 0.29) is 5.97 Å². The summed E-state index contributed by atoms with van der Waals surface area (Å²) < 4.78 is 5.30. The predicted molar refractivity (Wildman–Crippen MR) is 80.8 cm³/mol. The molecule has 1 aromatic carbocycles. The number of rotatable bonds is 5. The van der Waals surface area contributed by atoms with Crippen molar-refractivity contribution in [1.29, 1.82) is 0 Å². The SMILES string of the molecule is CCOC(=O)C1(Nc2ccccc2)CCN(C(C)C)C1. The van der Waals surface area contributed by atoms with Crippen molar-refractivity contribution in [3.8, 4) is 0 Å². The number of nitrogens with zero attached hydrogens (tertiary/aromatic N) is 1. The maximum absolute atomic E-state index is 12.4. The first kappa shape index (κ1) is 14.9. The first-order chi connectivity index (χ1) is 9.57. The van der Waals surface area contributed by atoms with Crippen LogP contribution in [-0.4, -0.2) is 42.1 Å². The van der Waals surface area contributed by atoms with Gasteiger partial charge >= 0.3 is 5.97 Å². The molecule has 1 heterocycles. The maximum Gasteiger partial charge on any atom is 0.333 e. The van der Waals surface area contributed by atoms with E-state index >= 15 is 0 Å². The molecule has 1 atom stereocenters. The molecule has 0 amide bonds. The summed E-state index contributed by atoms with van der Waals surface area (Å²) in [5.74, 6) is -0.146. The van der Waals surface area contributed by atoms with Crippen LogP contribution in [0.25, 0.3) is 0 Å². The van der Waals surface area contributed by atoms with Gasteiger partial charge in [-0.05, 0) is 39.3 Å². The van der Waals surface area contributed by atoms with Crippen molar-refractivity contribution in [3.63, 3.8) is 0 Å². The van der Waals surface area contributed by atoms with Gasteiger partial charge < -0.3 is 10.1 Å². The van der Waals surface area contributed by atoms with E-state index in [1.165, 1.54) is 0 Å². The van der Waals surface area contributed by atoms with E-state index in [0.717, 1.165) is 18.7 Å². The Balaban J connectivity index is 2.19. The molecule has 110 valence electrons. The zero-order valence-electron chi connectivity index (χ0n) is 12.6. The van der Waals surface area contributed by atoms with Crippen molar-refractivity contribution in [2.45, 2.75) is 38.8 Å². The van der Waals surface area contributed by atoms with Crippen LogP contribution in [0.5, 0.6) is 0 Å². The topological polar surface area (TPSA) is 41.6 Å². The molecule has 2 rings (SSSR count). The Morgan fingerprint density at radius 3 is 2.65 bits per heavy atom. The Morgan fingerprint density at radius 1 is 1.40 bits per heavy atom. The van der Waals surface area contributed by atoms with E-state index in [1.807, 2.05) is 37.3 Å². The third-order valence-corrected chi connectivity index (χ3v) is 3.85. The summed E-state index contributed by atoms with van der Waals surface area (Å²) in [5, 5.41) is 3.41. The monoisotopic (exact) mass is 276 g/mol. The summed E-state index contributed by atoms with van der Waals surface area (Å²) in [6, 6.07) is 10.3. The van der Waals surface area contributed by atoms with Crippen molar-refractivity contribution >= 4 is 11.7 Å². The summed E-state index contributed by atoms with van der Waals surface area (Å²) >= 11 is 0. The van der Waals surface area contributed by atoms with Gasteiger partial charge in [-0.1, -0.05) is 18.2 Å². The second-order valence-electron chi connectivity index (χ2n) is 5.61. The quantitative estimate of drug-likeness (QED) is 0.839. The number of hydrogen-bond donors (Lipinski definition) is 1. The Morgan fingerprint density at radius 2 is 2.10 bits per heavy atom. The van der Waals surface area contributed by atoms with Crippen LogP contribution in [0.1, 0.15) is 27.2 Å². The molecule has 0 bridgehead atoms. The van der Waals surface area contributed by atoms with Crippen molar-refractivity contribution in [1.82, 2.24) is 4.90 Å². The molecular weight excluding hydrogens is 252 g/mol. The summed E-state index contributed by atoms with van der Waals surface area (Å²) in [4.78, 5) is 14.7. The number of carbonyl (C=O) groups excluding carboxylic acids is 1. The number of ether oxygens (including phenoxy) is 1. The fraction of sp³-hybridized carbons (Fsp3) is 0.562. The van der Waals surface area contributed by atoms with E-state index in [9.17, 15) is 4.79 Å². The van der Waals surface area contributed by atoms with Gasteiger partial charge in [-0.2, -0.15) is 0 Å². The number of hydrogen-bond acceptors (Lipinski definition) is 4. The van der Waals surface area contributed by atoms with E-state index in [0.29, 0.717) is 19.2 Å². The molecule has 0 spiro atoms. The molecule has 1 aliphatic heterocycles. The Bertz CT molecular complexity index is 447. The molecule has 1 aromatic rings. The molecule has 20 heavy (non-hydrogen) atoms. The van der Waals surface area contributed by atoms with Gasteiger partial charge in [0.25, 0.3) is 0 Å². The fourth-order valence-corrected chi connectivity index (χ4v) is 2.67. The number of carbonyl (C=O) groups is 1. The highest BCUT2D eigenvalue weighted by Gasteiger charge is 2.46. The molecular formula is C16H24N2O2. The van der Waals surface area contributed by atoms with Crippen LogP contribution in [0.4, 0.5) is 5.69 Å². The minimum atomic E-state index is -0.623. The molecule has 1 aliphatic rings. The number of esters is 1. The van der Waals surface area contributed by atoms with E-state index in [1.54, 1.807) is 0 Å². The Kier molecular flexibility index (Phi) is 4.65. The van der Waals surface area contributed by atoms with E-state index in [2.05, 4.69) is 24.1 Å². The molecule has 4 nitrogen and oxygen atoms in total. The van der Waals surface area contributed by atoms with Crippen molar-refractivity contribution in [2.24, 2.45) is 0 Å². The lowest BCUT2D eigenvalue weighted by atomic mass is 9.98. The lowest BCUT2D eigenvalue weighted by Crippen LogP contribution is -2.50. The molecule has 1 unspecified atom stereocenters. The highest BCUT2D eigenvalue weighted by molar-refractivity contribution is 5.85. The van der Waals surface area contributed by atoms with Crippen molar-refractivity contribution in [2.75, 3.05) is 25.0 Å². The minimum absolute atomic E-state index is 0.146. The second kappa shape index (κ2) is 6.27. The fourth-order valence-electron chi connectivity index (χ4n) is 2.67. The van der Waals surface area contributed by atoms with Crippen LogP contribution in [0, 0.1) is 0 Å². The zero-order chi connectivity index (χ0) is 14.6. The standard InChI is InChI=1S/C16H24N2O2/c1-4-20-15(19)16(10-11-18(12-16)13(2)3)17-14-8-6-5-7-9-14/h5-9,13,17H,4,10-12H2,1-3H3. The predicted octanol–water partition coefficient (Wildman–Crippen LogP) is 2.51. The van der Waals surface area contributed by atoms with E-state index in [4.69, 9.17) is 4.74 Å². The number of nitrogens with one attached hydrogen (secondary N) is 1. The highest BCUT2D eigenvalue weighted by atomic mass is 16.5. The van der Waals surface area contributed by atoms with Gasteiger partial charge in [0.2, 0.25) is 0 Å². The molecule has 1 saturated heterocycles. The van der Waals surface area contributed by atoms with Gasteiger partial charge in [0, 0.05) is 24.8 Å². The lowest BCUT2D eigenvalue weighted by Gasteiger charge is -2.30. The van der Waals surface area contributed by atoms with Crippen LogP contribution >= 0.6 is 0 Å². The lowest BCUT2D eigenvalue weighted by molar-refractivity contribution is -0.148. The third-order valence-electron chi connectivity index (χ3n) is 3.85. The average Bonchev–Trinajstić information content (AvgIpc) is 2.86. The number of likely N-dealkylation sites (tertiary alicyclic amines) is 1. The molecule has 0 aromatic heterocycles. The minimum Gasteiger partial charge on any atom is -0.464 e. The van der Waals surface area contributed by atoms with Gasteiger partial charge in [0.05, 0.1) is 6.61 Å². The average molecular weight is 276 g/mol. The van der Waals surface area contributed by atoms with Crippen LogP contribution < -0.4 is 5.32 Å². The molecule has 1 fully saturated rings. The van der Waals surface area contributed by atoms with Crippen LogP contribution in [0.3, 0.4) is 0 Å². The Hall–Kier alpha value is -1.55. The molecule has 1 N–H and O–H groups in total. The van der Waals surface area contributed by atoms with Crippen LogP contribution in [0.2, 0.25) is 0 Å². The molecule has 4 heteroatoms. The Labute approximate surface area is 121 Å². The summed E-state index contributed by atoms with van der Waals surface area (Å²) in [5.41, 5.74) is 0.341. The number of para-hydroxylation sites is 1. The normalized spacial score (nSPS) is 23.0. The summed E-state index contributed by atoms with van der Waals surface area (Å²) in [6.07, 6.45) is 0.777. The van der Waals surface area contributed by atoms with Gasteiger partial charge in [-0.15, -0.1) is 0 Å². The number of benzene rings is 1. The van der Waals surface area contributed by atoms with Gasteiger partial charge in [0.15, 0.2) is 0 Å². The molecule has 0 radical (unpaired) electrons. The highest BCUT2D eigenvalue weighted by Crippen LogP contribution is 2.29. The van der Waals surface area contributed by atoms with Gasteiger partial charge in [0.1, 0.15) is 5.54 Å². The van der Waals surface area contributed by atoms with Crippen LogP contribution in [0.15, 0.2) is 30.3 Å². The van der Waals surface area contributed by atoms with Crippen molar-refractivity contribution < 1.29 is 9.53 Å². The maximum atomic E-state index is 12.4. The largest absolute Gasteiger partial charge is 0.464 e. The van der Waals surface area contributed by atoms with E-state index < -0.39 is 5.54 Å². The molecule has 0 aliphatic carbocycles.